The Labute approximate surface area is 397 Å². The molecular weight excluding hydrogens is 913 g/mol. The van der Waals surface area contributed by atoms with Crippen molar-refractivity contribution in [3.05, 3.63) is 103 Å². The molecule has 60 heavy (non-hydrogen) atoms. The monoisotopic (exact) mass is 995 g/mol. The zero-order valence-corrected chi connectivity index (χ0v) is 43.2. The first-order valence-electron chi connectivity index (χ1n) is 25.3. The highest BCUT2D eigenvalue weighted by Gasteiger charge is 2.37. The van der Waals surface area contributed by atoms with Crippen LogP contribution in [-0.4, -0.2) is 57.7 Å². The SMILES string of the molecule is [2H]C(C)(C)Oc1cc(Br)c(C)cc1N.[2H]C(C)(C)Oc1cc(Br)c(C)cc1N([Si](C)(C)C)[Si](C)(C)C.[2H]C(C)(C)Oc1cc(C2(O)C([2H])([2H])C([2H])([2H])N(Cc3ccccc3)C([2H])([2H])C2([2H])[2H])c(C)cc1N. The van der Waals surface area contributed by atoms with Gasteiger partial charge in [-0.25, -0.2) is 0 Å². The summed E-state index contributed by atoms with van der Waals surface area (Å²) in [5.74, 6) is 1.21. The summed E-state index contributed by atoms with van der Waals surface area (Å²) in [6.07, 6.45) is -10.1. The number of anilines is 3. The first-order valence-corrected chi connectivity index (χ1v) is 28.3. The van der Waals surface area contributed by atoms with Gasteiger partial charge >= 0.3 is 0 Å². The van der Waals surface area contributed by atoms with E-state index in [0.29, 0.717) is 21.9 Å². The molecule has 0 aliphatic carbocycles. The van der Waals surface area contributed by atoms with E-state index in [9.17, 15) is 5.11 Å². The van der Waals surface area contributed by atoms with Crippen molar-refractivity contribution in [3.8, 4) is 17.2 Å². The first-order chi connectivity index (χ1) is 31.6. The Balaban J connectivity index is 0.000000314. The fourth-order valence-electron chi connectivity index (χ4n) is 6.59. The Hall–Kier alpha value is -3.01. The number of hydrogen-bond donors (Lipinski definition) is 3. The molecular formula is C48H74Br2N4O4Si2. The number of piperidine rings is 1. The van der Waals surface area contributed by atoms with Gasteiger partial charge in [0.1, 0.15) is 33.7 Å². The maximum atomic E-state index is 11.8. The second-order valence-electron chi connectivity index (χ2n) is 17.4. The molecule has 0 amide bonds. The number of rotatable bonds is 12. The lowest BCUT2D eigenvalue weighted by molar-refractivity contribution is -0.0283. The summed E-state index contributed by atoms with van der Waals surface area (Å²) in [5, 5.41) is 11.8. The van der Waals surface area contributed by atoms with E-state index in [1.807, 2.05) is 19.1 Å². The fourth-order valence-corrected chi connectivity index (χ4v) is 17.1. The summed E-state index contributed by atoms with van der Waals surface area (Å²) >= 11 is 6.99. The van der Waals surface area contributed by atoms with Crippen molar-refractivity contribution >= 4 is 65.4 Å². The lowest BCUT2D eigenvalue weighted by atomic mass is 9.81. The maximum absolute atomic E-state index is 11.8. The summed E-state index contributed by atoms with van der Waals surface area (Å²) in [6.45, 7) is 22.7. The summed E-state index contributed by atoms with van der Waals surface area (Å²) < 4.78 is 115. The summed E-state index contributed by atoms with van der Waals surface area (Å²) in [6, 6.07) is 18.4. The Morgan fingerprint density at radius 3 is 1.58 bits per heavy atom. The van der Waals surface area contributed by atoms with Crippen LogP contribution in [0.25, 0.3) is 0 Å². The smallest absolute Gasteiger partial charge is 0.143 e. The molecule has 1 heterocycles. The lowest BCUT2D eigenvalue weighted by Gasteiger charge is -2.46. The molecule has 0 radical (unpaired) electrons. The van der Waals surface area contributed by atoms with E-state index in [1.54, 1.807) is 64.1 Å². The molecule has 1 fully saturated rings. The summed E-state index contributed by atoms with van der Waals surface area (Å²) in [7, 11) is -3.14. The number of ether oxygens (including phenoxy) is 3. The molecule has 4 aromatic carbocycles. The largest absolute Gasteiger partial charge is 0.489 e. The molecule has 5 N–H and O–H groups in total. The van der Waals surface area contributed by atoms with Gasteiger partial charge < -0.3 is 35.0 Å². The zero-order valence-electron chi connectivity index (χ0n) is 49.0. The van der Waals surface area contributed by atoms with Gasteiger partial charge in [0.2, 0.25) is 0 Å². The van der Waals surface area contributed by atoms with Gasteiger partial charge in [0.15, 0.2) is 0 Å². The molecule has 0 bridgehead atoms. The van der Waals surface area contributed by atoms with Gasteiger partial charge in [-0.1, -0.05) is 101 Å². The average Bonchev–Trinajstić information content (AvgIpc) is 3.16. The zero-order chi connectivity index (χ0) is 55.3. The molecule has 1 aliphatic heterocycles. The normalized spacial score (nSPS) is 20.9. The number of nitrogens with zero attached hydrogens (tertiary/aromatic N) is 2. The first kappa shape index (κ1) is 36.5. The highest BCUT2D eigenvalue weighted by molar-refractivity contribution is 9.10. The Bertz CT molecular complexity index is 2470. The number of nitrogens with two attached hydrogens (primary N) is 2. The van der Waals surface area contributed by atoms with Crippen LogP contribution in [0.4, 0.5) is 17.1 Å². The number of aryl methyl sites for hydroxylation is 3. The van der Waals surface area contributed by atoms with Gasteiger partial charge in [0.05, 0.1) is 45.0 Å². The molecule has 0 aromatic heterocycles. The molecule has 1 saturated heterocycles. The Morgan fingerprint density at radius 2 is 1.12 bits per heavy atom. The predicted molar refractivity (Wildman–Crippen MR) is 269 cm³/mol. The van der Waals surface area contributed by atoms with E-state index < -0.39 is 78.2 Å². The molecule has 332 valence electrons. The van der Waals surface area contributed by atoms with Crippen molar-refractivity contribution < 1.29 is 34.4 Å². The van der Waals surface area contributed by atoms with Crippen LogP contribution in [0.2, 0.25) is 39.3 Å². The van der Waals surface area contributed by atoms with Crippen molar-refractivity contribution in [2.45, 2.75) is 145 Å². The molecule has 0 unspecified atom stereocenters. The molecule has 12 heteroatoms. The van der Waals surface area contributed by atoms with Crippen molar-refractivity contribution in [2.24, 2.45) is 0 Å². The number of nitrogen functional groups attached to an aromatic ring is 2. The van der Waals surface area contributed by atoms with Crippen LogP contribution in [0.1, 0.15) is 97.2 Å². The van der Waals surface area contributed by atoms with E-state index in [4.69, 9.17) is 40.8 Å². The number of benzene rings is 4. The number of likely N-dealkylation sites (tertiary alicyclic amines) is 1. The third-order valence-electron chi connectivity index (χ3n) is 8.73. The van der Waals surface area contributed by atoms with Gasteiger partial charge in [0, 0.05) is 39.4 Å². The standard InChI is InChI=1S/C22H30N2O2.C16H30BrNOSi2.C10H14BrNO/c1-16(2)26-21-14-19(17(3)13-20(21)23)22(25)9-11-24(12-10-22)15-18-7-5-4-6-8-18;1-12(2)19-16-11-14(17)13(3)10-15(16)18(20(4,5)6)21(7,8)9;1-6(2)13-10-5-8(11)7(3)4-9(10)12/h4-8,13-14,16,25H,9-12,15,23H2,1-3H3;10-12H,1-9H3;4-6H,12H2,1-3H3/i9D2,10D2,11D2,12D2,16D;12D;6D. The van der Waals surface area contributed by atoms with Gasteiger partial charge in [-0.2, -0.15) is 0 Å². The molecule has 4 aromatic rings. The third-order valence-corrected chi connectivity index (χ3v) is 17.6. The molecule has 0 atom stereocenters. The minimum Gasteiger partial charge on any atom is -0.489 e. The Morgan fingerprint density at radius 1 is 0.700 bits per heavy atom. The lowest BCUT2D eigenvalue weighted by Crippen LogP contribution is -2.59. The van der Waals surface area contributed by atoms with Crippen LogP contribution in [0.3, 0.4) is 0 Å². The molecule has 8 nitrogen and oxygen atoms in total. The average molecular weight is 998 g/mol. The predicted octanol–water partition coefficient (Wildman–Crippen LogP) is 13.0. The fraction of sp³-hybridized carbons (Fsp3) is 0.500. The summed E-state index contributed by atoms with van der Waals surface area (Å²) in [5.41, 5.74) is 12.6. The van der Waals surface area contributed by atoms with Crippen molar-refractivity contribution in [1.82, 2.24) is 4.90 Å². The van der Waals surface area contributed by atoms with E-state index in [2.05, 4.69) is 88.4 Å². The van der Waals surface area contributed by atoms with E-state index >= 15 is 0 Å². The second kappa shape index (κ2) is 21.9. The van der Waals surface area contributed by atoms with Crippen LogP contribution < -0.4 is 29.9 Å². The van der Waals surface area contributed by atoms with Gasteiger partial charge in [-0.3, -0.25) is 4.90 Å². The van der Waals surface area contributed by atoms with Crippen molar-refractivity contribution in [2.75, 3.05) is 28.7 Å². The van der Waals surface area contributed by atoms with Crippen LogP contribution in [-0.2, 0) is 12.1 Å². The quantitative estimate of drug-likeness (QED) is 0.0952. The molecule has 1 aliphatic rings. The van der Waals surface area contributed by atoms with E-state index in [1.165, 1.54) is 32.4 Å². The van der Waals surface area contributed by atoms with Crippen LogP contribution in [0.15, 0.2) is 75.7 Å². The molecule has 0 spiro atoms. The van der Waals surface area contributed by atoms with Crippen LogP contribution in [0, 0.1) is 20.8 Å². The Kier molecular flexibility index (Phi) is 13.3. The molecule has 0 saturated carbocycles. The van der Waals surface area contributed by atoms with Gasteiger partial charge in [-0.15, -0.1) is 0 Å². The highest BCUT2D eigenvalue weighted by Crippen LogP contribution is 2.41. The topological polar surface area (TPSA) is 106 Å². The van der Waals surface area contributed by atoms with Gasteiger partial charge in [-0.05, 0) is 139 Å². The van der Waals surface area contributed by atoms with E-state index in [0.717, 1.165) is 32.0 Å². The number of aliphatic hydroxyl groups is 1. The maximum Gasteiger partial charge on any atom is 0.143 e. The highest BCUT2D eigenvalue weighted by atomic mass is 79.9. The number of hydrogen-bond acceptors (Lipinski definition) is 8. The third kappa shape index (κ3) is 15.1. The van der Waals surface area contributed by atoms with Crippen LogP contribution >= 0.6 is 31.9 Å². The van der Waals surface area contributed by atoms with Crippen molar-refractivity contribution in [3.63, 3.8) is 0 Å². The second-order valence-corrected chi connectivity index (χ2v) is 29.1. The van der Waals surface area contributed by atoms with Crippen LogP contribution in [0.5, 0.6) is 17.2 Å². The van der Waals surface area contributed by atoms with Gasteiger partial charge in [0.25, 0.3) is 0 Å². The molecule has 5 rings (SSSR count). The van der Waals surface area contributed by atoms with E-state index in [-0.39, 0.29) is 17.0 Å². The van der Waals surface area contributed by atoms with Crippen molar-refractivity contribution in [1.29, 1.82) is 0 Å². The minimum atomic E-state index is -3.36. The number of halogens is 2. The minimum absolute atomic E-state index is 0.0452. The summed E-state index contributed by atoms with van der Waals surface area (Å²) in [4.78, 5) is 0.473.